The molecule has 0 amide bonds. The van der Waals surface area contributed by atoms with E-state index in [9.17, 15) is 8.42 Å². The van der Waals surface area contributed by atoms with Gasteiger partial charge in [-0.05, 0) is 24.1 Å². The summed E-state index contributed by atoms with van der Waals surface area (Å²) < 4.78 is 26.4. The lowest BCUT2D eigenvalue weighted by Crippen LogP contribution is -2.35. The van der Waals surface area contributed by atoms with E-state index in [2.05, 4.69) is 0 Å². The third-order valence-electron chi connectivity index (χ3n) is 2.57. The summed E-state index contributed by atoms with van der Waals surface area (Å²) in [6, 6.07) is 6.17. The molecule has 0 bridgehead atoms. The fraction of sp³-hybridized carbons (Fsp3) is 0.462. The zero-order chi connectivity index (χ0) is 15.3. The van der Waals surface area contributed by atoms with Crippen LogP contribution in [0.4, 0.5) is 0 Å². The third-order valence-corrected chi connectivity index (χ3v) is 5.17. The molecule has 0 N–H and O–H groups in total. The van der Waals surface area contributed by atoms with E-state index in [1.165, 1.54) is 22.5 Å². The SMILES string of the molecule is CC(C)CN(CCC#N)S(=O)(=O)c1ccc(Cl)c(Cl)c1. The number of sulfonamides is 1. The molecule has 0 aliphatic rings. The maximum absolute atomic E-state index is 12.6. The van der Waals surface area contributed by atoms with Gasteiger partial charge in [-0.1, -0.05) is 37.0 Å². The van der Waals surface area contributed by atoms with Crippen LogP contribution in [0.1, 0.15) is 20.3 Å². The van der Waals surface area contributed by atoms with Crippen molar-refractivity contribution in [1.82, 2.24) is 4.31 Å². The van der Waals surface area contributed by atoms with E-state index >= 15 is 0 Å². The van der Waals surface area contributed by atoms with Crippen LogP contribution in [0.15, 0.2) is 23.1 Å². The van der Waals surface area contributed by atoms with E-state index in [0.717, 1.165) is 0 Å². The topological polar surface area (TPSA) is 61.2 Å². The molecule has 0 aliphatic carbocycles. The molecule has 0 radical (unpaired) electrons. The van der Waals surface area contributed by atoms with Gasteiger partial charge < -0.3 is 0 Å². The Balaban J connectivity index is 3.14. The highest BCUT2D eigenvalue weighted by atomic mass is 35.5. The van der Waals surface area contributed by atoms with Crippen molar-refractivity contribution in [2.45, 2.75) is 25.2 Å². The van der Waals surface area contributed by atoms with Gasteiger partial charge in [-0.3, -0.25) is 0 Å². The Morgan fingerprint density at radius 2 is 1.95 bits per heavy atom. The first-order chi connectivity index (χ1) is 9.28. The quantitative estimate of drug-likeness (QED) is 0.799. The standard InChI is InChI=1S/C13H16Cl2N2O2S/c1-10(2)9-17(7-3-6-16)20(18,19)11-4-5-12(14)13(15)8-11/h4-5,8,10H,3,7,9H2,1-2H3. The van der Waals surface area contributed by atoms with Crippen molar-refractivity contribution in [1.29, 1.82) is 5.26 Å². The fourth-order valence-electron chi connectivity index (χ4n) is 1.68. The molecule has 0 saturated carbocycles. The molecule has 0 aromatic heterocycles. The van der Waals surface area contributed by atoms with E-state index in [1.807, 2.05) is 19.9 Å². The van der Waals surface area contributed by atoms with Gasteiger partial charge in [-0.2, -0.15) is 9.57 Å². The number of benzene rings is 1. The Morgan fingerprint density at radius 1 is 1.30 bits per heavy atom. The summed E-state index contributed by atoms with van der Waals surface area (Å²) in [5, 5.41) is 9.15. The second-order valence-corrected chi connectivity index (χ2v) is 7.49. The van der Waals surface area contributed by atoms with Crippen molar-refractivity contribution in [3.8, 4) is 6.07 Å². The molecule has 0 aliphatic heterocycles. The predicted octanol–water partition coefficient (Wildman–Crippen LogP) is 3.55. The van der Waals surface area contributed by atoms with Crippen LogP contribution in [0.5, 0.6) is 0 Å². The average Bonchev–Trinajstić information content (AvgIpc) is 2.37. The minimum Gasteiger partial charge on any atom is -0.207 e. The van der Waals surface area contributed by atoms with Gasteiger partial charge in [0.1, 0.15) is 0 Å². The van der Waals surface area contributed by atoms with E-state index in [1.54, 1.807) is 0 Å². The Morgan fingerprint density at radius 3 is 2.45 bits per heavy atom. The van der Waals surface area contributed by atoms with Gasteiger partial charge in [0.05, 0.1) is 21.0 Å². The van der Waals surface area contributed by atoms with Crippen molar-refractivity contribution >= 4 is 33.2 Å². The molecule has 0 heterocycles. The van der Waals surface area contributed by atoms with Crippen LogP contribution in [0.25, 0.3) is 0 Å². The lowest BCUT2D eigenvalue weighted by molar-refractivity contribution is 0.373. The number of hydrogen-bond donors (Lipinski definition) is 0. The highest BCUT2D eigenvalue weighted by Crippen LogP contribution is 2.26. The lowest BCUT2D eigenvalue weighted by Gasteiger charge is -2.23. The van der Waals surface area contributed by atoms with Gasteiger partial charge in [0.15, 0.2) is 0 Å². The summed E-state index contributed by atoms with van der Waals surface area (Å²) in [6.45, 7) is 4.36. The molecule has 110 valence electrons. The summed E-state index contributed by atoms with van der Waals surface area (Å²) >= 11 is 11.7. The summed E-state index contributed by atoms with van der Waals surface area (Å²) in [7, 11) is -3.67. The molecule has 4 nitrogen and oxygen atoms in total. The van der Waals surface area contributed by atoms with Crippen LogP contribution >= 0.6 is 23.2 Å². The third kappa shape index (κ3) is 4.35. The van der Waals surface area contributed by atoms with Crippen molar-refractivity contribution in [2.75, 3.05) is 13.1 Å². The normalized spacial score (nSPS) is 11.8. The van der Waals surface area contributed by atoms with Crippen LogP contribution < -0.4 is 0 Å². The molecular formula is C13H16Cl2N2O2S. The Bertz CT molecular complexity index is 609. The van der Waals surface area contributed by atoms with E-state index in [4.69, 9.17) is 28.5 Å². The number of halogens is 2. The number of nitriles is 1. The van der Waals surface area contributed by atoms with Gasteiger partial charge in [-0.25, -0.2) is 8.42 Å². The molecule has 20 heavy (non-hydrogen) atoms. The highest BCUT2D eigenvalue weighted by Gasteiger charge is 2.25. The largest absolute Gasteiger partial charge is 0.243 e. The average molecular weight is 335 g/mol. The van der Waals surface area contributed by atoms with Crippen LogP contribution in [-0.2, 0) is 10.0 Å². The zero-order valence-corrected chi connectivity index (χ0v) is 13.6. The Hall–Kier alpha value is -0.800. The molecule has 0 unspecified atom stereocenters. The molecule has 0 saturated heterocycles. The molecular weight excluding hydrogens is 319 g/mol. The lowest BCUT2D eigenvalue weighted by atomic mass is 10.2. The Labute approximate surface area is 130 Å². The van der Waals surface area contributed by atoms with Crippen LogP contribution in [-0.4, -0.2) is 25.8 Å². The second kappa shape index (κ2) is 7.28. The highest BCUT2D eigenvalue weighted by molar-refractivity contribution is 7.89. The van der Waals surface area contributed by atoms with Gasteiger partial charge in [0.2, 0.25) is 10.0 Å². The van der Waals surface area contributed by atoms with Gasteiger partial charge in [0.25, 0.3) is 0 Å². The predicted molar refractivity (Wildman–Crippen MR) is 80.3 cm³/mol. The van der Waals surface area contributed by atoms with Gasteiger partial charge in [0, 0.05) is 19.5 Å². The van der Waals surface area contributed by atoms with Gasteiger partial charge in [-0.15, -0.1) is 0 Å². The fourth-order valence-corrected chi connectivity index (χ4v) is 3.67. The summed E-state index contributed by atoms with van der Waals surface area (Å²) in [5.74, 6) is 0.159. The minimum atomic E-state index is -3.67. The molecule has 0 spiro atoms. The molecule has 0 atom stereocenters. The molecule has 1 aromatic rings. The van der Waals surface area contributed by atoms with Crippen molar-refractivity contribution in [3.05, 3.63) is 28.2 Å². The van der Waals surface area contributed by atoms with E-state index in [-0.39, 0.29) is 28.8 Å². The van der Waals surface area contributed by atoms with Crippen LogP contribution in [0.3, 0.4) is 0 Å². The first-order valence-corrected chi connectivity index (χ1v) is 8.30. The molecule has 1 aromatic carbocycles. The number of rotatable bonds is 6. The Kier molecular flexibility index (Phi) is 6.28. The van der Waals surface area contributed by atoms with E-state index < -0.39 is 10.0 Å². The monoisotopic (exact) mass is 334 g/mol. The first kappa shape index (κ1) is 17.3. The van der Waals surface area contributed by atoms with Gasteiger partial charge >= 0.3 is 0 Å². The first-order valence-electron chi connectivity index (χ1n) is 6.11. The van der Waals surface area contributed by atoms with Crippen LogP contribution in [0.2, 0.25) is 10.0 Å². The van der Waals surface area contributed by atoms with Crippen molar-refractivity contribution < 1.29 is 8.42 Å². The van der Waals surface area contributed by atoms with Crippen LogP contribution in [0, 0.1) is 17.2 Å². The maximum atomic E-state index is 12.6. The van der Waals surface area contributed by atoms with E-state index in [0.29, 0.717) is 11.6 Å². The summed E-state index contributed by atoms with van der Waals surface area (Å²) in [6.07, 6.45) is 0.146. The molecule has 0 fully saturated rings. The maximum Gasteiger partial charge on any atom is 0.243 e. The molecule has 7 heteroatoms. The number of hydrogen-bond acceptors (Lipinski definition) is 3. The number of nitrogens with zero attached hydrogens (tertiary/aromatic N) is 2. The zero-order valence-electron chi connectivity index (χ0n) is 11.3. The molecule has 1 rings (SSSR count). The summed E-state index contributed by atoms with van der Waals surface area (Å²) in [4.78, 5) is 0.0884. The van der Waals surface area contributed by atoms with Crippen molar-refractivity contribution in [2.24, 2.45) is 5.92 Å². The van der Waals surface area contributed by atoms with Crippen molar-refractivity contribution in [3.63, 3.8) is 0 Å². The minimum absolute atomic E-state index is 0.0884. The smallest absolute Gasteiger partial charge is 0.207 e. The summed E-state index contributed by atoms with van der Waals surface area (Å²) in [5.41, 5.74) is 0. The second-order valence-electron chi connectivity index (χ2n) is 4.74.